The van der Waals surface area contributed by atoms with Crippen LogP contribution in [0.5, 0.6) is 0 Å². The number of aryl methyl sites for hydroxylation is 3. The Bertz CT molecular complexity index is 856. The summed E-state index contributed by atoms with van der Waals surface area (Å²) in [4.78, 5) is 36.9. The van der Waals surface area contributed by atoms with E-state index in [4.69, 9.17) is 4.74 Å². The summed E-state index contributed by atoms with van der Waals surface area (Å²) >= 11 is 0. The van der Waals surface area contributed by atoms with Crippen LogP contribution in [-0.4, -0.2) is 36.5 Å². The fourth-order valence-electron chi connectivity index (χ4n) is 6.38. The van der Waals surface area contributed by atoms with E-state index >= 15 is 0 Å². The summed E-state index contributed by atoms with van der Waals surface area (Å²) in [7, 11) is 0. The highest BCUT2D eigenvalue weighted by molar-refractivity contribution is 5.99. The van der Waals surface area contributed by atoms with Gasteiger partial charge in [0, 0.05) is 17.6 Å². The van der Waals surface area contributed by atoms with Crippen LogP contribution in [0, 0.1) is 38.5 Å². The average Bonchev–Trinajstić information content (AvgIpc) is 2.67. The molecule has 6 nitrogen and oxygen atoms in total. The summed E-state index contributed by atoms with van der Waals surface area (Å²) in [6, 6.07) is 3.62. The monoisotopic (exact) mass is 426 g/mol. The lowest BCUT2D eigenvalue weighted by atomic mass is 9.53. The third-order valence-corrected chi connectivity index (χ3v) is 7.54. The first kappa shape index (κ1) is 21.8. The third kappa shape index (κ3) is 4.94. The van der Waals surface area contributed by atoms with Crippen LogP contribution in [0.1, 0.15) is 72.0 Å². The van der Waals surface area contributed by atoms with Crippen LogP contribution in [0.15, 0.2) is 12.1 Å². The highest BCUT2D eigenvalue weighted by Crippen LogP contribution is 2.55. The second-order valence-electron chi connectivity index (χ2n) is 10.2. The summed E-state index contributed by atoms with van der Waals surface area (Å²) in [5.41, 5.74) is 3.59. The highest BCUT2D eigenvalue weighted by Gasteiger charge is 2.51. The molecular formula is C25H34N2O4. The number of ketones is 1. The maximum absolute atomic E-state index is 12.4. The number of Topliss-reactive ketones (excluding diaryl/α,β-unsaturated/α-hetero) is 1. The van der Waals surface area contributed by atoms with Gasteiger partial charge in [0.15, 0.2) is 6.61 Å². The molecule has 4 aliphatic rings. The maximum atomic E-state index is 12.4. The van der Waals surface area contributed by atoms with E-state index in [1.165, 1.54) is 19.3 Å². The molecule has 168 valence electrons. The van der Waals surface area contributed by atoms with Gasteiger partial charge in [-0.1, -0.05) is 6.07 Å². The normalized spacial score (nSPS) is 28.3. The molecular weight excluding hydrogens is 392 g/mol. The van der Waals surface area contributed by atoms with E-state index in [1.54, 1.807) is 0 Å². The van der Waals surface area contributed by atoms with Crippen molar-refractivity contribution in [1.29, 1.82) is 0 Å². The highest BCUT2D eigenvalue weighted by atomic mass is 16.5. The topological polar surface area (TPSA) is 84.5 Å². The van der Waals surface area contributed by atoms with E-state index in [0.29, 0.717) is 5.56 Å². The van der Waals surface area contributed by atoms with Gasteiger partial charge in [0.05, 0.1) is 6.42 Å². The maximum Gasteiger partial charge on any atom is 0.315 e. The van der Waals surface area contributed by atoms with E-state index in [2.05, 4.69) is 10.6 Å². The molecule has 4 fully saturated rings. The van der Waals surface area contributed by atoms with E-state index in [0.717, 1.165) is 53.7 Å². The van der Waals surface area contributed by atoms with Crippen molar-refractivity contribution in [2.24, 2.45) is 17.8 Å². The summed E-state index contributed by atoms with van der Waals surface area (Å²) < 4.78 is 5.14. The Morgan fingerprint density at radius 1 is 0.935 bits per heavy atom. The fourth-order valence-corrected chi connectivity index (χ4v) is 6.38. The molecule has 0 atom stereocenters. The van der Waals surface area contributed by atoms with Crippen molar-refractivity contribution >= 4 is 17.8 Å². The first-order valence-corrected chi connectivity index (χ1v) is 11.6. The molecule has 0 heterocycles. The van der Waals surface area contributed by atoms with Crippen molar-refractivity contribution in [2.75, 3.05) is 13.2 Å². The predicted molar refractivity (Wildman–Crippen MR) is 118 cm³/mol. The molecule has 4 saturated carbocycles. The first-order chi connectivity index (χ1) is 14.7. The molecule has 0 aliphatic heterocycles. The third-order valence-electron chi connectivity index (χ3n) is 7.54. The number of carbonyl (C=O) groups is 3. The molecule has 0 spiro atoms. The molecule has 2 amide bonds. The molecule has 4 aliphatic carbocycles. The number of rotatable bonds is 7. The number of esters is 1. The van der Waals surface area contributed by atoms with Gasteiger partial charge in [-0.15, -0.1) is 0 Å². The van der Waals surface area contributed by atoms with Crippen molar-refractivity contribution in [3.05, 3.63) is 34.4 Å². The minimum Gasteiger partial charge on any atom is -0.457 e. The van der Waals surface area contributed by atoms with Gasteiger partial charge in [0.25, 0.3) is 0 Å². The van der Waals surface area contributed by atoms with E-state index in [-0.39, 0.29) is 36.9 Å². The van der Waals surface area contributed by atoms with Crippen LogP contribution in [0.25, 0.3) is 0 Å². The Hall–Kier alpha value is -2.37. The number of nitrogens with one attached hydrogen (secondary N) is 2. The van der Waals surface area contributed by atoms with Crippen LogP contribution in [0.4, 0.5) is 4.79 Å². The number of urea groups is 1. The molecule has 0 radical (unpaired) electrons. The molecule has 0 unspecified atom stereocenters. The van der Waals surface area contributed by atoms with Gasteiger partial charge in [-0.05, 0) is 99.8 Å². The number of amides is 2. The van der Waals surface area contributed by atoms with Gasteiger partial charge in [-0.2, -0.15) is 0 Å². The van der Waals surface area contributed by atoms with Gasteiger partial charge >= 0.3 is 12.0 Å². The molecule has 4 bridgehead atoms. The summed E-state index contributed by atoms with van der Waals surface area (Å²) in [5, 5.41) is 6.02. The van der Waals surface area contributed by atoms with Gasteiger partial charge in [0.2, 0.25) is 5.78 Å². The second-order valence-corrected chi connectivity index (χ2v) is 10.2. The Labute approximate surface area is 184 Å². The Morgan fingerprint density at radius 2 is 1.52 bits per heavy atom. The number of benzene rings is 1. The SMILES string of the molecule is Cc1cc(C)c(C(=O)COC(=O)CCNC(=O)NC23CC4CC(CC(C4)C2)C3)cc1C. The molecule has 31 heavy (non-hydrogen) atoms. The largest absolute Gasteiger partial charge is 0.457 e. The number of hydrogen-bond acceptors (Lipinski definition) is 4. The van der Waals surface area contributed by atoms with Crippen LogP contribution in [-0.2, 0) is 9.53 Å². The lowest BCUT2D eigenvalue weighted by Crippen LogP contribution is -2.61. The van der Waals surface area contributed by atoms with Crippen molar-refractivity contribution < 1.29 is 19.1 Å². The fraction of sp³-hybridized carbons (Fsp3) is 0.640. The Balaban J connectivity index is 1.18. The van der Waals surface area contributed by atoms with Gasteiger partial charge in [-0.3, -0.25) is 9.59 Å². The number of ether oxygens (including phenoxy) is 1. The average molecular weight is 427 g/mol. The van der Waals surface area contributed by atoms with Crippen LogP contribution in [0.3, 0.4) is 0 Å². The zero-order valence-electron chi connectivity index (χ0n) is 18.9. The smallest absolute Gasteiger partial charge is 0.315 e. The van der Waals surface area contributed by atoms with Gasteiger partial charge in [-0.25, -0.2) is 4.79 Å². The van der Waals surface area contributed by atoms with Crippen LogP contribution in [0.2, 0.25) is 0 Å². The second kappa shape index (κ2) is 8.64. The van der Waals surface area contributed by atoms with Crippen LogP contribution >= 0.6 is 0 Å². The van der Waals surface area contributed by atoms with Crippen molar-refractivity contribution in [3.63, 3.8) is 0 Å². The summed E-state index contributed by atoms with van der Waals surface area (Å²) in [6.07, 6.45) is 7.31. The summed E-state index contributed by atoms with van der Waals surface area (Å²) in [5.74, 6) is 1.60. The molecule has 2 N–H and O–H groups in total. The summed E-state index contributed by atoms with van der Waals surface area (Å²) in [6.45, 7) is 5.77. The minimum absolute atomic E-state index is 0.0458. The quantitative estimate of drug-likeness (QED) is 0.510. The van der Waals surface area contributed by atoms with Crippen molar-refractivity contribution in [1.82, 2.24) is 10.6 Å². The Morgan fingerprint density at radius 3 is 2.13 bits per heavy atom. The zero-order chi connectivity index (χ0) is 22.2. The standard InChI is InChI=1S/C25H34N2O4/c1-15-6-17(3)21(7-16(15)2)22(28)14-31-23(29)4-5-26-24(30)27-25-11-18-8-19(12-25)10-20(9-18)13-25/h6-7,18-20H,4-5,8-14H2,1-3H3,(H2,26,27,30). The van der Waals surface area contributed by atoms with Crippen molar-refractivity contribution in [3.8, 4) is 0 Å². The minimum atomic E-state index is -0.482. The zero-order valence-corrected chi connectivity index (χ0v) is 18.9. The Kier molecular flexibility index (Phi) is 6.09. The number of carbonyl (C=O) groups excluding carboxylic acids is 3. The molecule has 6 heteroatoms. The molecule has 0 saturated heterocycles. The van der Waals surface area contributed by atoms with Gasteiger partial charge < -0.3 is 15.4 Å². The molecule has 1 aromatic rings. The molecule has 0 aromatic heterocycles. The van der Waals surface area contributed by atoms with E-state index in [1.807, 2.05) is 32.9 Å². The number of hydrogen-bond donors (Lipinski definition) is 2. The molecule has 1 aromatic carbocycles. The lowest BCUT2D eigenvalue weighted by molar-refractivity contribution is -0.142. The van der Waals surface area contributed by atoms with Crippen LogP contribution < -0.4 is 10.6 Å². The van der Waals surface area contributed by atoms with E-state index in [9.17, 15) is 14.4 Å². The van der Waals surface area contributed by atoms with E-state index < -0.39 is 5.97 Å². The van der Waals surface area contributed by atoms with Gasteiger partial charge in [0.1, 0.15) is 0 Å². The van der Waals surface area contributed by atoms with Crippen molar-refractivity contribution in [2.45, 2.75) is 71.3 Å². The molecule has 5 rings (SSSR count). The lowest BCUT2D eigenvalue weighted by Gasteiger charge is -2.56. The first-order valence-electron chi connectivity index (χ1n) is 11.6. The predicted octanol–water partition coefficient (Wildman–Crippen LogP) is 4.00.